The van der Waals surface area contributed by atoms with Gasteiger partial charge in [-0.1, -0.05) is 18.2 Å². The average molecular weight is 475 g/mol. The van der Waals surface area contributed by atoms with Crippen molar-refractivity contribution in [1.82, 2.24) is 10.3 Å². The molecule has 4 aromatic rings. The molecule has 2 N–H and O–H groups in total. The second kappa shape index (κ2) is 9.21. The molecule has 0 saturated carbocycles. The van der Waals surface area contributed by atoms with Crippen LogP contribution in [0.5, 0.6) is 0 Å². The standard InChI is InChI=1S/C28H18FN5O2/c1-16-21(14-30)25(22(15-31)26(33-16)17-7-9-19(29)10-8-17)24-13-20-23(36-24)11-12-32-27(20)34-28(35)18-5-3-2-4-6-18/h2-13,25,33H,1H3,(H,32,34,35). The largest absolute Gasteiger partial charge is 0.460 e. The van der Waals surface area contributed by atoms with Crippen LogP contribution in [0.15, 0.2) is 94.2 Å². The molecule has 8 heteroatoms. The number of aromatic nitrogens is 1. The minimum absolute atomic E-state index is 0.255. The molecule has 1 aliphatic rings. The number of carbonyl (C=O) groups is 1. The molecular weight excluding hydrogens is 457 g/mol. The van der Waals surface area contributed by atoms with Crippen LogP contribution in [0.4, 0.5) is 10.2 Å². The van der Waals surface area contributed by atoms with E-state index in [9.17, 15) is 19.7 Å². The number of anilines is 1. The van der Waals surface area contributed by atoms with Crippen LogP contribution >= 0.6 is 0 Å². The van der Waals surface area contributed by atoms with Gasteiger partial charge in [-0.2, -0.15) is 10.5 Å². The highest BCUT2D eigenvalue weighted by atomic mass is 19.1. The van der Waals surface area contributed by atoms with E-state index >= 15 is 0 Å². The van der Waals surface area contributed by atoms with Crippen LogP contribution in [0.1, 0.15) is 34.5 Å². The molecule has 1 atom stereocenters. The van der Waals surface area contributed by atoms with Crippen LogP contribution < -0.4 is 10.6 Å². The fourth-order valence-electron chi connectivity index (χ4n) is 4.22. The maximum atomic E-state index is 13.5. The molecular formula is C28H18FN5O2. The molecule has 0 fully saturated rings. The highest BCUT2D eigenvalue weighted by Crippen LogP contribution is 2.42. The zero-order chi connectivity index (χ0) is 25.2. The van der Waals surface area contributed by atoms with Gasteiger partial charge in [-0.15, -0.1) is 0 Å². The molecule has 36 heavy (non-hydrogen) atoms. The number of nitriles is 2. The van der Waals surface area contributed by atoms with Gasteiger partial charge < -0.3 is 15.1 Å². The Morgan fingerprint density at radius 3 is 2.47 bits per heavy atom. The third-order valence-corrected chi connectivity index (χ3v) is 5.95. The third-order valence-electron chi connectivity index (χ3n) is 5.95. The quantitative estimate of drug-likeness (QED) is 0.395. The van der Waals surface area contributed by atoms with Crippen molar-refractivity contribution in [3.63, 3.8) is 0 Å². The fourth-order valence-corrected chi connectivity index (χ4v) is 4.22. The number of halogens is 1. The smallest absolute Gasteiger partial charge is 0.256 e. The molecule has 2 aromatic carbocycles. The van der Waals surface area contributed by atoms with E-state index in [0.717, 1.165) is 0 Å². The number of carbonyl (C=O) groups excluding carboxylic acids is 1. The van der Waals surface area contributed by atoms with Crippen molar-refractivity contribution in [1.29, 1.82) is 10.5 Å². The summed E-state index contributed by atoms with van der Waals surface area (Å²) in [6.45, 7) is 1.74. The van der Waals surface area contributed by atoms with Crippen LogP contribution in [0.25, 0.3) is 16.7 Å². The van der Waals surface area contributed by atoms with Gasteiger partial charge in [-0.3, -0.25) is 4.79 Å². The van der Waals surface area contributed by atoms with Gasteiger partial charge in [-0.05, 0) is 61.0 Å². The Morgan fingerprint density at radius 2 is 1.78 bits per heavy atom. The number of pyridine rings is 1. The molecule has 0 radical (unpaired) electrons. The van der Waals surface area contributed by atoms with Crippen LogP contribution in [0.3, 0.4) is 0 Å². The SMILES string of the molecule is CC1=C(C#N)C(c2cc3c(NC(=O)c4ccccc4)nccc3o2)C(C#N)=C(c2ccc(F)cc2)N1. The third kappa shape index (κ3) is 3.97. The summed E-state index contributed by atoms with van der Waals surface area (Å²) in [5.74, 6) is -0.881. The summed E-state index contributed by atoms with van der Waals surface area (Å²) in [6.07, 6.45) is 1.51. The van der Waals surface area contributed by atoms with E-state index in [0.29, 0.717) is 50.6 Å². The van der Waals surface area contributed by atoms with Crippen LogP contribution in [0.2, 0.25) is 0 Å². The van der Waals surface area contributed by atoms with Crippen molar-refractivity contribution in [3.05, 3.63) is 112 Å². The summed E-state index contributed by atoms with van der Waals surface area (Å²) in [4.78, 5) is 17.0. The van der Waals surface area contributed by atoms with Gasteiger partial charge in [-0.25, -0.2) is 9.37 Å². The van der Waals surface area contributed by atoms with E-state index in [2.05, 4.69) is 27.8 Å². The first kappa shape index (κ1) is 22.6. The monoisotopic (exact) mass is 475 g/mol. The Balaban J connectivity index is 1.61. The molecule has 0 spiro atoms. The first-order valence-corrected chi connectivity index (χ1v) is 11.0. The van der Waals surface area contributed by atoms with Gasteiger partial charge in [0.25, 0.3) is 5.91 Å². The Hall–Kier alpha value is -5.21. The van der Waals surface area contributed by atoms with Crippen molar-refractivity contribution < 1.29 is 13.6 Å². The lowest BCUT2D eigenvalue weighted by Gasteiger charge is -2.26. The summed E-state index contributed by atoms with van der Waals surface area (Å²) >= 11 is 0. The molecule has 174 valence electrons. The molecule has 0 aliphatic carbocycles. The Morgan fingerprint density at radius 1 is 1.06 bits per heavy atom. The lowest BCUT2D eigenvalue weighted by atomic mass is 9.83. The lowest BCUT2D eigenvalue weighted by Crippen LogP contribution is -2.23. The van der Waals surface area contributed by atoms with E-state index in [1.807, 2.05) is 6.07 Å². The number of amides is 1. The number of allylic oxidation sites excluding steroid dienone is 3. The minimum Gasteiger partial charge on any atom is -0.460 e. The fraction of sp³-hybridized carbons (Fsp3) is 0.0714. The van der Waals surface area contributed by atoms with E-state index in [1.54, 1.807) is 55.5 Å². The van der Waals surface area contributed by atoms with Crippen LogP contribution in [0, 0.1) is 28.5 Å². The zero-order valence-electron chi connectivity index (χ0n) is 19.0. The summed E-state index contributed by atoms with van der Waals surface area (Å²) in [7, 11) is 0. The summed E-state index contributed by atoms with van der Waals surface area (Å²) in [5.41, 5.74) is 3.11. The molecule has 1 amide bonds. The lowest BCUT2D eigenvalue weighted by molar-refractivity contribution is 0.102. The molecule has 0 saturated heterocycles. The highest BCUT2D eigenvalue weighted by Gasteiger charge is 2.34. The predicted octanol–water partition coefficient (Wildman–Crippen LogP) is 5.64. The highest BCUT2D eigenvalue weighted by molar-refractivity contribution is 6.07. The Labute approximate surface area is 205 Å². The van der Waals surface area contributed by atoms with Crippen LogP contribution in [-0.2, 0) is 0 Å². The molecule has 1 aliphatic heterocycles. The number of nitrogens with zero attached hydrogens (tertiary/aromatic N) is 3. The van der Waals surface area contributed by atoms with Crippen LogP contribution in [-0.4, -0.2) is 10.9 Å². The number of benzene rings is 2. The van der Waals surface area contributed by atoms with E-state index < -0.39 is 11.7 Å². The van der Waals surface area contributed by atoms with Gasteiger partial charge in [0.15, 0.2) is 0 Å². The maximum Gasteiger partial charge on any atom is 0.256 e. The van der Waals surface area contributed by atoms with Crippen molar-refractivity contribution >= 4 is 28.4 Å². The number of dihydropyridines is 1. The number of nitrogens with one attached hydrogen (secondary N) is 2. The number of hydrogen-bond acceptors (Lipinski definition) is 6. The zero-order valence-corrected chi connectivity index (χ0v) is 19.0. The van der Waals surface area contributed by atoms with Crippen molar-refractivity contribution in [3.8, 4) is 12.1 Å². The average Bonchev–Trinajstić information content (AvgIpc) is 3.34. The van der Waals surface area contributed by atoms with Crippen molar-refractivity contribution in [2.75, 3.05) is 5.32 Å². The van der Waals surface area contributed by atoms with E-state index in [1.165, 1.54) is 18.3 Å². The number of rotatable bonds is 4. The Kier molecular flexibility index (Phi) is 5.77. The number of fused-ring (bicyclic) bond motifs is 1. The summed E-state index contributed by atoms with van der Waals surface area (Å²) in [5, 5.41) is 26.5. The van der Waals surface area contributed by atoms with Gasteiger partial charge in [0, 0.05) is 17.5 Å². The molecule has 2 aromatic heterocycles. The Bertz CT molecular complexity index is 1640. The predicted molar refractivity (Wildman–Crippen MR) is 132 cm³/mol. The van der Waals surface area contributed by atoms with Gasteiger partial charge in [0.2, 0.25) is 0 Å². The molecule has 5 rings (SSSR count). The maximum absolute atomic E-state index is 13.5. The van der Waals surface area contributed by atoms with Gasteiger partial charge >= 0.3 is 0 Å². The number of furan rings is 1. The molecule has 0 bridgehead atoms. The van der Waals surface area contributed by atoms with E-state index in [-0.39, 0.29) is 11.5 Å². The summed E-state index contributed by atoms with van der Waals surface area (Å²) < 4.78 is 19.6. The summed E-state index contributed by atoms with van der Waals surface area (Å²) in [6, 6.07) is 22.2. The second-order valence-corrected chi connectivity index (χ2v) is 8.16. The van der Waals surface area contributed by atoms with Gasteiger partial charge in [0.1, 0.15) is 23.0 Å². The van der Waals surface area contributed by atoms with Crippen molar-refractivity contribution in [2.24, 2.45) is 0 Å². The normalized spacial score (nSPS) is 15.3. The first-order chi connectivity index (χ1) is 17.5. The van der Waals surface area contributed by atoms with Gasteiger partial charge in [0.05, 0.1) is 40.3 Å². The number of hydrogen-bond donors (Lipinski definition) is 2. The first-order valence-electron chi connectivity index (χ1n) is 11.0. The van der Waals surface area contributed by atoms with Crippen molar-refractivity contribution in [2.45, 2.75) is 12.8 Å². The molecule has 7 nitrogen and oxygen atoms in total. The topological polar surface area (TPSA) is 115 Å². The molecule has 1 unspecified atom stereocenters. The minimum atomic E-state index is -0.800. The van der Waals surface area contributed by atoms with E-state index in [4.69, 9.17) is 4.42 Å². The second-order valence-electron chi connectivity index (χ2n) is 8.16. The molecule has 3 heterocycles.